The quantitative estimate of drug-likeness (QED) is 0.230. The number of pyridine rings is 1. The van der Waals surface area contributed by atoms with Crippen molar-refractivity contribution in [1.82, 2.24) is 45.1 Å². The van der Waals surface area contributed by atoms with Crippen molar-refractivity contribution < 1.29 is 37.5 Å². The predicted molar refractivity (Wildman–Crippen MR) is 158 cm³/mol. The Labute approximate surface area is 272 Å². The van der Waals surface area contributed by atoms with Crippen molar-refractivity contribution in [3.63, 3.8) is 0 Å². The number of carboxylic acid groups (broad SMARTS) is 1. The fraction of sp³-hybridized carbons (Fsp3) is 0.379. The first-order chi connectivity index (χ1) is 22.4. The average Bonchev–Trinajstić information content (AvgIpc) is 3.40. The summed E-state index contributed by atoms with van der Waals surface area (Å²) >= 11 is 3.52. The first-order valence-electron chi connectivity index (χ1n) is 14.6. The highest BCUT2D eigenvalue weighted by Gasteiger charge is 2.39. The number of tetrazole rings is 1. The van der Waals surface area contributed by atoms with E-state index in [9.17, 15) is 27.6 Å². The highest BCUT2D eigenvalue weighted by Crippen LogP contribution is 2.32. The third-order valence-corrected chi connectivity index (χ3v) is 8.52. The number of aromatic nitrogens is 6. The predicted octanol–water partition coefficient (Wildman–Crippen LogP) is 2.77. The van der Waals surface area contributed by atoms with E-state index in [0.29, 0.717) is 36.8 Å². The molecule has 3 N–H and O–H groups in total. The van der Waals surface area contributed by atoms with Crippen molar-refractivity contribution in [2.75, 3.05) is 0 Å². The van der Waals surface area contributed by atoms with Gasteiger partial charge >= 0.3 is 12.1 Å². The van der Waals surface area contributed by atoms with Gasteiger partial charge in [-0.1, -0.05) is 28.1 Å². The molecule has 0 radical (unpaired) electrons. The number of rotatable bonds is 8. The zero-order chi connectivity index (χ0) is 33.5. The Morgan fingerprint density at radius 2 is 1.91 bits per heavy atom. The molecule has 3 amide bonds. The molecule has 0 spiro atoms. The fourth-order valence-electron chi connectivity index (χ4n) is 5.47. The standard InChI is InChI=1S/C27H26BrN9O3.C2HF3O2/c28-18-7-8-35-14-20(30-22(35)10-18)24(25-32-33-34-37(25)12-15-1-2-15)29-11-16-3-4-17-13-36(27(40)19(17)9-16)21-5-6-23(38)31-26(21)39;3-2(4,5)1(6)7/h3-4,7-10,14-15,21,24,29H,1-2,5-6,11-13H2,(H,31,38,39);(H,6,7). The van der Waals surface area contributed by atoms with Gasteiger partial charge in [-0.15, -0.1) is 5.10 Å². The van der Waals surface area contributed by atoms with Gasteiger partial charge in [-0.25, -0.2) is 14.5 Å². The van der Waals surface area contributed by atoms with Crippen LogP contribution >= 0.6 is 15.9 Å². The first kappa shape index (κ1) is 32.2. The number of halogens is 4. The van der Waals surface area contributed by atoms with Crippen LogP contribution in [0.1, 0.15) is 64.7 Å². The molecule has 2 fully saturated rings. The number of carbonyl (C=O) groups excluding carboxylic acids is 3. The number of imidazole rings is 1. The summed E-state index contributed by atoms with van der Waals surface area (Å²) in [5, 5.41) is 25.7. The van der Waals surface area contributed by atoms with Crippen LogP contribution in [0, 0.1) is 5.92 Å². The maximum atomic E-state index is 13.3. The summed E-state index contributed by atoms with van der Waals surface area (Å²) in [7, 11) is 0. The largest absolute Gasteiger partial charge is 0.490 e. The molecular formula is C29H27BrF3N9O5. The van der Waals surface area contributed by atoms with E-state index in [1.807, 2.05) is 51.8 Å². The number of piperidine rings is 1. The fourth-order valence-corrected chi connectivity index (χ4v) is 5.79. The lowest BCUT2D eigenvalue weighted by Crippen LogP contribution is -2.52. The van der Waals surface area contributed by atoms with E-state index in [-0.39, 0.29) is 24.3 Å². The lowest BCUT2D eigenvalue weighted by Gasteiger charge is -2.29. The summed E-state index contributed by atoms with van der Waals surface area (Å²) in [4.78, 5) is 52.6. The summed E-state index contributed by atoms with van der Waals surface area (Å²) in [6, 6.07) is 8.69. The molecule has 3 aromatic heterocycles. The molecule has 0 bridgehead atoms. The van der Waals surface area contributed by atoms with Crippen LogP contribution in [-0.2, 0) is 34.0 Å². The van der Waals surface area contributed by atoms with Crippen molar-refractivity contribution in [3.8, 4) is 0 Å². The number of carbonyl (C=O) groups is 4. The number of aliphatic carboxylic acids is 1. The van der Waals surface area contributed by atoms with E-state index < -0.39 is 24.1 Å². The lowest BCUT2D eigenvalue weighted by atomic mass is 10.0. The SMILES string of the molecule is O=C(O)C(F)(F)F.O=C1CCC(N2Cc3ccc(CNC(c4cn5ccc(Br)cc5n4)c4nnnn4CC4CC4)cc3C2=O)C(=O)N1. The maximum absolute atomic E-state index is 13.3. The van der Waals surface area contributed by atoms with Crippen molar-refractivity contribution in [2.24, 2.45) is 5.92 Å². The second-order valence-electron chi connectivity index (χ2n) is 11.4. The van der Waals surface area contributed by atoms with Gasteiger partial charge < -0.3 is 14.4 Å². The molecule has 1 saturated heterocycles. The van der Waals surface area contributed by atoms with E-state index in [2.05, 4.69) is 42.1 Å². The van der Waals surface area contributed by atoms with E-state index in [0.717, 1.165) is 33.5 Å². The number of benzene rings is 1. The van der Waals surface area contributed by atoms with E-state index >= 15 is 0 Å². The van der Waals surface area contributed by atoms with Crippen molar-refractivity contribution >= 4 is 45.3 Å². The normalized spacial score (nSPS) is 18.5. The number of carboxylic acids is 1. The highest BCUT2D eigenvalue weighted by atomic mass is 79.9. The number of imide groups is 1. The van der Waals surface area contributed by atoms with Gasteiger partial charge in [0.1, 0.15) is 17.7 Å². The Bertz CT molecular complexity index is 1870. The molecule has 7 rings (SSSR count). The van der Waals surface area contributed by atoms with E-state index in [1.165, 1.54) is 12.8 Å². The molecule has 246 valence electrons. The number of nitrogens with one attached hydrogen (secondary N) is 2. The average molecular weight is 718 g/mol. The van der Waals surface area contributed by atoms with Crippen LogP contribution in [0.4, 0.5) is 13.2 Å². The number of hydrogen-bond acceptors (Lipinski definition) is 9. The van der Waals surface area contributed by atoms with Crippen LogP contribution in [0.3, 0.4) is 0 Å². The molecule has 2 aliphatic heterocycles. The topological polar surface area (TPSA) is 177 Å². The monoisotopic (exact) mass is 717 g/mol. The minimum Gasteiger partial charge on any atom is -0.475 e. The molecule has 3 aliphatic rings. The molecule has 4 aromatic rings. The molecular weight excluding hydrogens is 691 g/mol. The Hall–Kier alpha value is -4.71. The Balaban J connectivity index is 0.000000499. The van der Waals surface area contributed by atoms with Crippen LogP contribution in [0.15, 0.2) is 47.2 Å². The van der Waals surface area contributed by atoms with Crippen molar-refractivity contribution in [2.45, 2.75) is 63.6 Å². The summed E-state index contributed by atoms with van der Waals surface area (Å²) in [5.41, 5.74) is 3.95. The zero-order valence-corrected chi connectivity index (χ0v) is 26.0. The summed E-state index contributed by atoms with van der Waals surface area (Å²) in [5.74, 6) is -2.37. The van der Waals surface area contributed by atoms with Crippen LogP contribution < -0.4 is 10.6 Å². The number of hydrogen-bond donors (Lipinski definition) is 3. The number of nitrogens with zero attached hydrogens (tertiary/aromatic N) is 7. The number of fused-ring (bicyclic) bond motifs is 2. The number of alkyl halides is 3. The molecule has 2 atom stereocenters. The minimum atomic E-state index is -5.08. The van der Waals surface area contributed by atoms with Crippen molar-refractivity contribution in [3.05, 3.63) is 75.4 Å². The smallest absolute Gasteiger partial charge is 0.475 e. The molecule has 14 nitrogen and oxygen atoms in total. The number of amides is 3. The molecule has 47 heavy (non-hydrogen) atoms. The van der Waals surface area contributed by atoms with Gasteiger partial charge in [-0.05, 0) is 64.9 Å². The van der Waals surface area contributed by atoms with Gasteiger partial charge in [0.05, 0.1) is 5.69 Å². The lowest BCUT2D eigenvalue weighted by molar-refractivity contribution is -0.192. The van der Waals surface area contributed by atoms with Crippen molar-refractivity contribution in [1.29, 1.82) is 0 Å². The van der Waals surface area contributed by atoms with Crippen LogP contribution in [0.25, 0.3) is 5.65 Å². The molecule has 1 aromatic carbocycles. The third-order valence-electron chi connectivity index (χ3n) is 8.03. The van der Waals surface area contributed by atoms with Gasteiger partial charge in [-0.3, -0.25) is 25.0 Å². The first-order valence-corrected chi connectivity index (χ1v) is 15.4. The second kappa shape index (κ2) is 12.8. The summed E-state index contributed by atoms with van der Waals surface area (Å²) in [6.07, 6.45) is 1.76. The summed E-state index contributed by atoms with van der Waals surface area (Å²) < 4.78 is 36.5. The highest BCUT2D eigenvalue weighted by molar-refractivity contribution is 9.10. The van der Waals surface area contributed by atoms with Gasteiger partial charge in [0.25, 0.3) is 5.91 Å². The van der Waals surface area contributed by atoms with E-state index in [4.69, 9.17) is 14.9 Å². The Kier molecular flexibility index (Phi) is 8.80. The van der Waals surface area contributed by atoms with Gasteiger partial charge in [0.2, 0.25) is 11.8 Å². The molecule has 5 heterocycles. The molecule has 18 heteroatoms. The van der Waals surface area contributed by atoms with Crippen LogP contribution in [0.5, 0.6) is 0 Å². The molecule has 2 unspecified atom stereocenters. The Morgan fingerprint density at radius 3 is 2.62 bits per heavy atom. The molecule has 1 aliphatic carbocycles. The summed E-state index contributed by atoms with van der Waals surface area (Å²) in [6.45, 7) is 1.56. The van der Waals surface area contributed by atoms with Gasteiger partial charge in [0, 0.05) is 48.5 Å². The Morgan fingerprint density at radius 1 is 1.15 bits per heavy atom. The zero-order valence-electron chi connectivity index (χ0n) is 24.4. The van der Waals surface area contributed by atoms with Gasteiger partial charge in [-0.2, -0.15) is 13.2 Å². The second-order valence-corrected chi connectivity index (χ2v) is 12.4. The third kappa shape index (κ3) is 7.17. The maximum Gasteiger partial charge on any atom is 0.490 e. The van der Waals surface area contributed by atoms with Crippen LogP contribution in [-0.4, -0.2) is 75.5 Å². The minimum absolute atomic E-state index is 0.192. The van der Waals surface area contributed by atoms with E-state index in [1.54, 1.807) is 4.90 Å². The molecule has 1 saturated carbocycles. The van der Waals surface area contributed by atoms with Crippen LogP contribution in [0.2, 0.25) is 0 Å². The van der Waals surface area contributed by atoms with Gasteiger partial charge in [0.15, 0.2) is 5.82 Å².